The second-order valence-corrected chi connectivity index (χ2v) is 7.78. The Morgan fingerprint density at radius 3 is 2.57 bits per heavy atom. The van der Waals surface area contributed by atoms with Gasteiger partial charge in [0, 0.05) is 42.4 Å². The molecule has 0 bridgehead atoms. The van der Waals surface area contributed by atoms with Gasteiger partial charge in [-0.1, -0.05) is 51.1 Å². The van der Waals surface area contributed by atoms with Gasteiger partial charge < -0.3 is 0 Å². The van der Waals surface area contributed by atoms with E-state index >= 15 is 0 Å². The molecule has 1 N–H and O–H groups in total. The van der Waals surface area contributed by atoms with E-state index in [-0.39, 0.29) is 0 Å². The van der Waals surface area contributed by atoms with E-state index in [4.69, 9.17) is 15.1 Å². The van der Waals surface area contributed by atoms with Crippen molar-refractivity contribution >= 4 is 0 Å². The predicted octanol–water partition coefficient (Wildman–Crippen LogP) is 3.72. The van der Waals surface area contributed by atoms with Gasteiger partial charge in [-0.15, -0.1) is 5.10 Å². The number of hydrogen-bond acceptors (Lipinski definition) is 6. The molecule has 1 aromatic carbocycles. The minimum atomic E-state index is 0.535. The molecule has 0 spiro atoms. The van der Waals surface area contributed by atoms with Crippen LogP contribution < -0.4 is 0 Å². The minimum absolute atomic E-state index is 0.535. The van der Waals surface area contributed by atoms with E-state index in [0.29, 0.717) is 18.2 Å². The summed E-state index contributed by atoms with van der Waals surface area (Å²) in [6.45, 7) is 7.40. The van der Waals surface area contributed by atoms with Crippen LogP contribution in [0.2, 0.25) is 0 Å². The van der Waals surface area contributed by atoms with E-state index in [2.05, 4.69) is 53.5 Å². The minimum Gasteiger partial charge on any atom is -0.260 e. The van der Waals surface area contributed by atoms with Gasteiger partial charge in [0.25, 0.3) is 0 Å². The molecule has 154 valence electrons. The molecule has 4 aromatic rings. The summed E-state index contributed by atoms with van der Waals surface area (Å²) >= 11 is 0. The third-order valence-electron chi connectivity index (χ3n) is 4.82. The van der Waals surface area contributed by atoms with Crippen LogP contribution in [0.25, 0.3) is 22.5 Å². The predicted molar refractivity (Wildman–Crippen MR) is 115 cm³/mol. The summed E-state index contributed by atoms with van der Waals surface area (Å²) in [7, 11) is 0. The molecule has 8 heteroatoms. The summed E-state index contributed by atoms with van der Waals surface area (Å²) in [6.07, 6.45) is 4.48. The van der Waals surface area contributed by atoms with E-state index in [1.165, 1.54) is 0 Å². The number of aromatic nitrogens is 8. The summed E-state index contributed by atoms with van der Waals surface area (Å²) in [5.41, 5.74) is 3.96. The van der Waals surface area contributed by atoms with Crippen LogP contribution in [-0.2, 0) is 19.4 Å². The summed E-state index contributed by atoms with van der Waals surface area (Å²) in [5, 5.41) is 18.9. The highest BCUT2D eigenvalue weighted by atomic mass is 15.5. The van der Waals surface area contributed by atoms with E-state index in [0.717, 1.165) is 53.4 Å². The number of tetrazole rings is 1. The lowest BCUT2D eigenvalue weighted by Crippen LogP contribution is -2.07. The number of rotatable bonds is 8. The summed E-state index contributed by atoms with van der Waals surface area (Å²) in [4.78, 5) is 9.48. The number of pyridine rings is 1. The van der Waals surface area contributed by atoms with Crippen LogP contribution in [0, 0.1) is 5.92 Å². The van der Waals surface area contributed by atoms with Crippen molar-refractivity contribution in [1.82, 2.24) is 40.4 Å². The molecule has 0 aliphatic heterocycles. The van der Waals surface area contributed by atoms with Gasteiger partial charge in [-0.05, 0) is 34.4 Å². The fraction of sp³-hybridized carbons (Fsp3) is 0.364. The molecule has 0 aliphatic carbocycles. The molecule has 30 heavy (non-hydrogen) atoms. The summed E-state index contributed by atoms with van der Waals surface area (Å²) in [6, 6.07) is 12.1. The van der Waals surface area contributed by atoms with Crippen molar-refractivity contribution in [3.63, 3.8) is 0 Å². The van der Waals surface area contributed by atoms with Crippen molar-refractivity contribution in [2.24, 2.45) is 5.92 Å². The number of H-pyrrole nitrogens is 1. The lowest BCUT2D eigenvalue weighted by atomic mass is 10.0. The number of aromatic amines is 1. The molecular weight excluding hydrogens is 376 g/mol. The van der Waals surface area contributed by atoms with Gasteiger partial charge in [0.15, 0.2) is 11.6 Å². The van der Waals surface area contributed by atoms with Crippen molar-refractivity contribution < 1.29 is 0 Å². The molecule has 0 aliphatic rings. The average molecular weight is 403 g/mol. The first kappa shape index (κ1) is 19.9. The molecule has 3 heterocycles. The van der Waals surface area contributed by atoms with Gasteiger partial charge in [0.2, 0.25) is 0 Å². The molecule has 0 atom stereocenters. The Labute approximate surface area is 175 Å². The van der Waals surface area contributed by atoms with E-state index in [1.54, 1.807) is 0 Å². The van der Waals surface area contributed by atoms with E-state index < -0.39 is 0 Å². The zero-order valence-corrected chi connectivity index (χ0v) is 17.6. The first-order valence-electron chi connectivity index (χ1n) is 10.3. The number of nitrogens with zero attached hydrogens (tertiary/aromatic N) is 7. The highest BCUT2D eigenvalue weighted by Gasteiger charge is 2.13. The Balaban J connectivity index is 1.58. The van der Waals surface area contributed by atoms with Gasteiger partial charge in [0.1, 0.15) is 5.82 Å². The van der Waals surface area contributed by atoms with Crippen LogP contribution in [0.4, 0.5) is 0 Å². The quantitative estimate of drug-likeness (QED) is 0.482. The molecule has 0 amide bonds. The smallest absolute Gasteiger partial charge is 0.180 e. The van der Waals surface area contributed by atoms with Crippen molar-refractivity contribution in [1.29, 1.82) is 0 Å². The zero-order chi connectivity index (χ0) is 20.9. The number of nitrogens with one attached hydrogen (secondary N) is 1. The standard InChI is InChI=1S/C22H26N8/c1-4-11-30-21(24-20(27-30)12-15(2)3)13-17-10-9-16(14-23-17)18-7-5-6-8-19(18)22-25-28-29-26-22/h5-10,14-15H,4,11-13H2,1-3H3,(H,25,26,28,29). The van der Waals surface area contributed by atoms with E-state index in [1.807, 2.05) is 35.1 Å². The van der Waals surface area contributed by atoms with E-state index in [9.17, 15) is 0 Å². The highest BCUT2D eigenvalue weighted by Crippen LogP contribution is 2.29. The van der Waals surface area contributed by atoms with Gasteiger partial charge in [-0.25, -0.2) is 14.8 Å². The molecule has 0 unspecified atom stereocenters. The van der Waals surface area contributed by atoms with Crippen LogP contribution in [0.1, 0.15) is 44.5 Å². The van der Waals surface area contributed by atoms with Crippen molar-refractivity contribution in [3.8, 4) is 22.5 Å². The molecule has 3 aromatic heterocycles. The van der Waals surface area contributed by atoms with Crippen LogP contribution in [0.3, 0.4) is 0 Å². The molecule has 0 saturated carbocycles. The van der Waals surface area contributed by atoms with Crippen molar-refractivity contribution in [3.05, 3.63) is 59.9 Å². The maximum Gasteiger partial charge on any atom is 0.180 e. The molecule has 4 rings (SSSR count). The van der Waals surface area contributed by atoms with Crippen LogP contribution in [-0.4, -0.2) is 40.4 Å². The van der Waals surface area contributed by atoms with Crippen molar-refractivity contribution in [2.45, 2.75) is 46.6 Å². The second kappa shape index (κ2) is 8.94. The number of aryl methyl sites for hydroxylation is 1. The Kier molecular flexibility index (Phi) is 5.92. The maximum atomic E-state index is 4.78. The maximum absolute atomic E-state index is 4.78. The normalized spacial score (nSPS) is 11.3. The van der Waals surface area contributed by atoms with Gasteiger partial charge in [-0.2, -0.15) is 5.10 Å². The first-order chi connectivity index (χ1) is 14.6. The molecule has 0 fully saturated rings. The third-order valence-corrected chi connectivity index (χ3v) is 4.82. The van der Waals surface area contributed by atoms with Crippen LogP contribution in [0.15, 0.2) is 42.6 Å². The topological polar surface area (TPSA) is 98.1 Å². The highest BCUT2D eigenvalue weighted by molar-refractivity contribution is 5.79. The van der Waals surface area contributed by atoms with Crippen LogP contribution >= 0.6 is 0 Å². The molecule has 8 nitrogen and oxygen atoms in total. The third kappa shape index (κ3) is 4.42. The van der Waals surface area contributed by atoms with Crippen LogP contribution in [0.5, 0.6) is 0 Å². The number of hydrogen-bond donors (Lipinski definition) is 1. The summed E-state index contributed by atoms with van der Waals surface area (Å²) < 4.78 is 2.03. The Hall–Kier alpha value is -3.42. The van der Waals surface area contributed by atoms with Gasteiger partial charge in [-0.3, -0.25) is 4.98 Å². The molecular formula is C22H26N8. The average Bonchev–Trinajstić information content (AvgIpc) is 3.39. The second-order valence-electron chi connectivity index (χ2n) is 7.78. The van der Waals surface area contributed by atoms with Gasteiger partial charge in [0.05, 0.1) is 0 Å². The Morgan fingerprint density at radius 2 is 1.90 bits per heavy atom. The lowest BCUT2D eigenvalue weighted by Gasteiger charge is -2.08. The monoisotopic (exact) mass is 402 g/mol. The van der Waals surface area contributed by atoms with Gasteiger partial charge >= 0.3 is 0 Å². The molecule has 0 saturated heterocycles. The largest absolute Gasteiger partial charge is 0.260 e. The van der Waals surface area contributed by atoms with Crippen molar-refractivity contribution in [2.75, 3.05) is 0 Å². The Morgan fingerprint density at radius 1 is 1.07 bits per heavy atom. The Bertz CT molecular complexity index is 1080. The first-order valence-corrected chi connectivity index (χ1v) is 10.3. The fourth-order valence-electron chi connectivity index (χ4n) is 3.46. The summed E-state index contributed by atoms with van der Waals surface area (Å²) in [5.74, 6) is 3.06. The zero-order valence-electron chi connectivity index (χ0n) is 17.6. The fourth-order valence-corrected chi connectivity index (χ4v) is 3.46. The molecule has 0 radical (unpaired) electrons. The SMILES string of the molecule is CCCn1nc(CC(C)C)nc1Cc1ccc(-c2ccccc2-c2nnn[nH]2)cn1. The lowest BCUT2D eigenvalue weighted by molar-refractivity contribution is 0.558. The number of benzene rings is 1.